The minimum absolute atomic E-state index is 0.0376. The molecule has 1 saturated heterocycles. The molecule has 1 aliphatic rings. The number of likely N-dealkylation sites (tertiary alicyclic amines) is 1. The fraction of sp³-hybridized carbons (Fsp3) is 0.333. The first kappa shape index (κ1) is 14.6. The van der Waals surface area contributed by atoms with Crippen LogP contribution in [0.3, 0.4) is 0 Å². The topological polar surface area (TPSA) is 45.2 Å². The molecule has 2 heterocycles. The lowest BCUT2D eigenvalue weighted by atomic mass is 10.1. The molecule has 0 radical (unpaired) electrons. The van der Waals surface area contributed by atoms with Crippen LogP contribution in [0.15, 0.2) is 36.5 Å². The van der Waals surface area contributed by atoms with Gasteiger partial charge in [0, 0.05) is 18.8 Å². The van der Waals surface area contributed by atoms with Gasteiger partial charge in [0.2, 0.25) is 0 Å². The van der Waals surface area contributed by atoms with Crippen molar-refractivity contribution in [2.75, 3.05) is 18.4 Å². The van der Waals surface area contributed by atoms with Crippen LogP contribution in [0.4, 0.5) is 11.4 Å². The van der Waals surface area contributed by atoms with Crippen molar-refractivity contribution in [3.63, 3.8) is 0 Å². The van der Waals surface area contributed by atoms with Gasteiger partial charge in [0.05, 0.1) is 11.9 Å². The summed E-state index contributed by atoms with van der Waals surface area (Å²) in [6, 6.07) is 9.99. The second kappa shape index (κ2) is 6.18. The number of aryl methyl sites for hydroxylation is 2. The number of nitrogens with zero attached hydrogens (tertiary/aromatic N) is 2. The van der Waals surface area contributed by atoms with Crippen molar-refractivity contribution in [3.05, 3.63) is 53.3 Å². The van der Waals surface area contributed by atoms with Gasteiger partial charge in [0.15, 0.2) is 0 Å². The quantitative estimate of drug-likeness (QED) is 0.939. The number of rotatable bonds is 3. The summed E-state index contributed by atoms with van der Waals surface area (Å²) >= 11 is 0. The summed E-state index contributed by atoms with van der Waals surface area (Å²) in [6.45, 7) is 5.86. The molecule has 0 bridgehead atoms. The largest absolute Gasteiger partial charge is 0.354 e. The lowest BCUT2D eigenvalue weighted by Gasteiger charge is -2.15. The third-order valence-electron chi connectivity index (χ3n) is 4.04. The van der Waals surface area contributed by atoms with E-state index in [2.05, 4.69) is 42.3 Å². The number of carbonyl (C=O) groups is 1. The predicted octanol–water partition coefficient (Wildman–Crippen LogP) is 3.68. The van der Waals surface area contributed by atoms with E-state index >= 15 is 0 Å². The van der Waals surface area contributed by atoms with Crippen molar-refractivity contribution < 1.29 is 4.79 Å². The van der Waals surface area contributed by atoms with Gasteiger partial charge in [-0.15, -0.1) is 0 Å². The minimum Gasteiger partial charge on any atom is -0.354 e. The molecule has 1 aromatic carbocycles. The van der Waals surface area contributed by atoms with E-state index in [0.29, 0.717) is 5.69 Å². The molecule has 3 rings (SSSR count). The number of amides is 1. The first-order valence-corrected chi connectivity index (χ1v) is 7.73. The van der Waals surface area contributed by atoms with Crippen molar-refractivity contribution in [1.82, 2.24) is 9.88 Å². The van der Waals surface area contributed by atoms with Crippen molar-refractivity contribution in [3.8, 4) is 0 Å². The molecule has 0 spiro atoms. The summed E-state index contributed by atoms with van der Waals surface area (Å²) in [6.07, 6.45) is 3.92. The van der Waals surface area contributed by atoms with E-state index in [1.54, 1.807) is 12.3 Å². The maximum Gasteiger partial charge on any atom is 0.272 e. The number of pyridine rings is 1. The zero-order chi connectivity index (χ0) is 15.5. The lowest BCUT2D eigenvalue weighted by molar-refractivity contribution is 0.0787. The van der Waals surface area contributed by atoms with Crippen molar-refractivity contribution >= 4 is 17.3 Å². The summed E-state index contributed by atoms with van der Waals surface area (Å²) in [7, 11) is 0. The molecular formula is C18H21N3O. The van der Waals surface area contributed by atoms with Crippen LogP contribution < -0.4 is 5.32 Å². The Morgan fingerprint density at radius 1 is 1.14 bits per heavy atom. The number of hydrogen-bond acceptors (Lipinski definition) is 3. The highest BCUT2D eigenvalue weighted by Gasteiger charge is 2.20. The summed E-state index contributed by atoms with van der Waals surface area (Å²) in [5, 5.41) is 3.35. The lowest BCUT2D eigenvalue weighted by Crippen LogP contribution is -2.28. The number of aromatic nitrogens is 1. The molecule has 1 fully saturated rings. The Hall–Kier alpha value is -2.36. The summed E-state index contributed by atoms with van der Waals surface area (Å²) in [5.41, 5.74) is 4.91. The zero-order valence-electron chi connectivity index (χ0n) is 13.1. The van der Waals surface area contributed by atoms with Crippen LogP contribution in [0.25, 0.3) is 0 Å². The Balaban J connectivity index is 1.72. The monoisotopic (exact) mass is 295 g/mol. The maximum absolute atomic E-state index is 12.3. The van der Waals surface area contributed by atoms with E-state index in [0.717, 1.165) is 37.3 Å². The smallest absolute Gasteiger partial charge is 0.272 e. The Morgan fingerprint density at radius 3 is 2.55 bits per heavy atom. The summed E-state index contributed by atoms with van der Waals surface area (Å²) in [5.74, 6) is 0.0376. The van der Waals surface area contributed by atoms with Gasteiger partial charge in [-0.1, -0.05) is 17.7 Å². The van der Waals surface area contributed by atoms with E-state index in [1.807, 2.05) is 11.0 Å². The second-order valence-corrected chi connectivity index (χ2v) is 5.87. The molecule has 4 nitrogen and oxygen atoms in total. The summed E-state index contributed by atoms with van der Waals surface area (Å²) < 4.78 is 0. The zero-order valence-corrected chi connectivity index (χ0v) is 13.1. The normalized spacial score (nSPS) is 14.2. The second-order valence-electron chi connectivity index (χ2n) is 5.87. The van der Waals surface area contributed by atoms with Gasteiger partial charge in [0.1, 0.15) is 5.69 Å². The van der Waals surface area contributed by atoms with Crippen LogP contribution in [0.5, 0.6) is 0 Å². The van der Waals surface area contributed by atoms with E-state index in [-0.39, 0.29) is 5.91 Å². The fourth-order valence-electron chi connectivity index (χ4n) is 2.79. The molecule has 0 unspecified atom stereocenters. The molecule has 114 valence electrons. The van der Waals surface area contributed by atoms with E-state index in [9.17, 15) is 4.79 Å². The number of carbonyl (C=O) groups excluding carboxylic acids is 1. The van der Waals surface area contributed by atoms with E-state index in [1.165, 1.54) is 11.1 Å². The number of nitrogens with one attached hydrogen (secondary N) is 1. The molecule has 1 aromatic heterocycles. The molecule has 0 saturated carbocycles. The predicted molar refractivity (Wildman–Crippen MR) is 88.6 cm³/mol. The Morgan fingerprint density at radius 2 is 1.91 bits per heavy atom. The van der Waals surface area contributed by atoms with Gasteiger partial charge in [0.25, 0.3) is 5.91 Å². The van der Waals surface area contributed by atoms with Crippen molar-refractivity contribution in [1.29, 1.82) is 0 Å². The van der Waals surface area contributed by atoms with Crippen LogP contribution in [0, 0.1) is 13.8 Å². The van der Waals surface area contributed by atoms with Crippen LogP contribution in [-0.4, -0.2) is 28.9 Å². The third kappa shape index (κ3) is 3.11. The van der Waals surface area contributed by atoms with Gasteiger partial charge >= 0.3 is 0 Å². The SMILES string of the molecule is Cc1ccc(Nc2ccc(C(=O)N3CCCC3)nc2)c(C)c1. The first-order valence-electron chi connectivity index (χ1n) is 7.73. The minimum atomic E-state index is 0.0376. The number of hydrogen-bond donors (Lipinski definition) is 1. The maximum atomic E-state index is 12.3. The molecule has 1 N–H and O–H groups in total. The highest BCUT2D eigenvalue weighted by atomic mass is 16.2. The van der Waals surface area contributed by atoms with Crippen LogP contribution in [0.1, 0.15) is 34.5 Å². The number of benzene rings is 1. The van der Waals surface area contributed by atoms with Gasteiger partial charge in [-0.05, 0) is 50.5 Å². The van der Waals surface area contributed by atoms with Crippen molar-refractivity contribution in [2.45, 2.75) is 26.7 Å². The average Bonchev–Trinajstić information content (AvgIpc) is 3.04. The third-order valence-corrected chi connectivity index (χ3v) is 4.04. The molecule has 0 atom stereocenters. The fourth-order valence-corrected chi connectivity index (χ4v) is 2.79. The van der Waals surface area contributed by atoms with Crippen LogP contribution in [0.2, 0.25) is 0 Å². The Kier molecular flexibility index (Phi) is 4.09. The van der Waals surface area contributed by atoms with Crippen molar-refractivity contribution in [2.24, 2.45) is 0 Å². The molecular weight excluding hydrogens is 274 g/mol. The highest BCUT2D eigenvalue weighted by molar-refractivity contribution is 5.92. The van der Waals surface area contributed by atoms with Crippen LogP contribution in [-0.2, 0) is 0 Å². The molecule has 2 aromatic rings. The molecule has 4 heteroatoms. The Labute approximate surface area is 131 Å². The highest BCUT2D eigenvalue weighted by Crippen LogP contribution is 2.21. The van der Waals surface area contributed by atoms with E-state index < -0.39 is 0 Å². The molecule has 1 amide bonds. The Bertz CT molecular complexity index is 673. The standard InChI is InChI=1S/C18H21N3O/c1-13-5-7-16(14(2)11-13)20-15-6-8-17(19-12-15)18(22)21-9-3-4-10-21/h5-8,11-12,20H,3-4,9-10H2,1-2H3. The number of anilines is 2. The first-order chi connectivity index (χ1) is 10.6. The molecule has 0 aliphatic carbocycles. The molecule has 22 heavy (non-hydrogen) atoms. The van der Waals surface area contributed by atoms with E-state index in [4.69, 9.17) is 0 Å². The van der Waals surface area contributed by atoms with Gasteiger partial charge in [-0.25, -0.2) is 4.98 Å². The van der Waals surface area contributed by atoms with Crippen LogP contribution >= 0.6 is 0 Å². The molecule has 1 aliphatic heterocycles. The average molecular weight is 295 g/mol. The van der Waals surface area contributed by atoms with Gasteiger partial charge in [-0.3, -0.25) is 4.79 Å². The van der Waals surface area contributed by atoms with Gasteiger partial charge in [-0.2, -0.15) is 0 Å². The van der Waals surface area contributed by atoms with Gasteiger partial charge < -0.3 is 10.2 Å². The summed E-state index contributed by atoms with van der Waals surface area (Å²) in [4.78, 5) is 18.4.